The minimum absolute atomic E-state index is 0.00416. The highest BCUT2D eigenvalue weighted by Crippen LogP contribution is 2.34. The van der Waals surface area contributed by atoms with Gasteiger partial charge in [-0.1, -0.05) is 30.7 Å². The lowest BCUT2D eigenvalue weighted by Crippen LogP contribution is -2.48. The first-order valence-corrected chi connectivity index (χ1v) is 14.1. The van der Waals surface area contributed by atoms with E-state index in [1.165, 1.54) is 31.4 Å². The third kappa shape index (κ3) is 6.38. The minimum Gasteiger partial charge on any atom is -0.339 e. The molecule has 3 fully saturated rings. The van der Waals surface area contributed by atoms with Crippen LogP contribution in [0.3, 0.4) is 0 Å². The molecule has 0 unspecified atom stereocenters. The standard InChI is InChI=1S/C29H30F3N3O3S/c30-29(31,32)23-10-6-21(7-11-23)19-35-27(37)25(39-28(35)38)18-20-4-8-22(9-5-20)26(36)34-16-12-24(13-17-34)33-14-2-1-3-15-33/h4-11,18,24H,1-3,12-17,19H2/b25-18-. The molecule has 3 aliphatic rings. The van der Waals surface area contributed by atoms with Gasteiger partial charge in [-0.05, 0) is 92.0 Å². The van der Waals surface area contributed by atoms with Crippen molar-refractivity contribution in [2.75, 3.05) is 26.2 Å². The molecule has 0 atom stereocenters. The van der Waals surface area contributed by atoms with E-state index in [1.54, 1.807) is 30.3 Å². The molecule has 6 nitrogen and oxygen atoms in total. The normalized spacial score (nSPS) is 20.7. The number of halogens is 3. The number of imide groups is 1. The van der Waals surface area contributed by atoms with E-state index < -0.39 is 22.9 Å². The molecule has 0 radical (unpaired) electrons. The minimum atomic E-state index is -4.45. The third-order valence-electron chi connectivity index (χ3n) is 7.61. The zero-order chi connectivity index (χ0) is 27.6. The van der Waals surface area contributed by atoms with Gasteiger partial charge in [-0.15, -0.1) is 0 Å². The average Bonchev–Trinajstić information content (AvgIpc) is 3.20. The van der Waals surface area contributed by atoms with Crippen LogP contribution < -0.4 is 0 Å². The first-order chi connectivity index (χ1) is 18.7. The molecule has 2 aromatic carbocycles. The number of hydrogen-bond donors (Lipinski definition) is 0. The Hall–Kier alpha value is -3.11. The Kier molecular flexibility index (Phi) is 8.13. The SMILES string of the molecule is O=C(c1ccc(/C=C2\SC(=O)N(Cc3ccc(C(F)(F)F)cc3)C2=O)cc1)N1CCC(N2CCCCC2)CC1. The summed E-state index contributed by atoms with van der Waals surface area (Å²) in [5, 5.41) is -0.481. The van der Waals surface area contributed by atoms with Gasteiger partial charge in [-0.3, -0.25) is 19.3 Å². The van der Waals surface area contributed by atoms with Crippen molar-refractivity contribution in [1.29, 1.82) is 0 Å². The highest BCUT2D eigenvalue weighted by atomic mass is 32.2. The number of alkyl halides is 3. The second-order valence-corrected chi connectivity index (χ2v) is 11.2. The van der Waals surface area contributed by atoms with Crippen molar-refractivity contribution in [2.45, 2.75) is 50.9 Å². The number of likely N-dealkylation sites (tertiary alicyclic amines) is 2. The Morgan fingerprint density at radius 2 is 1.54 bits per heavy atom. The van der Waals surface area contributed by atoms with Crippen molar-refractivity contribution in [3.63, 3.8) is 0 Å². The van der Waals surface area contributed by atoms with Crippen LogP contribution in [0.25, 0.3) is 6.08 Å². The van der Waals surface area contributed by atoms with E-state index >= 15 is 0 Å². The van der Waals surface area contributed by atoms with Crippen LogP contribution in [0.4, 0.5) is 18.0 Å². The predicted molar refractivity (Wildman–Crippen MR) is 144 cm³/mol. The van der Waals surface area contributed by atoms with Gasteiger partial charge in [0.05, 0.1) is 17.0 Å². The predicted octanol–water partition coefficient (Wildman–Crippen LogP) is 6.03. The van der Waals surface area contributed by atoms with Gasteiger partial charge in [0.1, 0.15) is 0 Å². The van der Waals surface area contributed by atoms with Gasteiger partial charge >= 0.3 is 6.18 Å². The second kappa shape index (κ2) is 11.6. The van der Waals surface area contributed by atoms with Gasteiger partial charge in [0.15, 0.2) is 0 Å². The zero-order valence-electron chi connectivity index (χ0n) is 21.5. The Bertz CT molecular complexity index is 1250. The van der Waals surface area contributed by atoms with Crippen LogP contribution in [-0.2, 0) is 17.5 Å². The van der Waals surface area contributed by atoms with E-state index in [4.69, 9.17) is 0 Å². The molecule has 3 heterocycles. The summed E-state index contributed by atoms with van der Waals surface area (Å²) in [6.07, 6.45) is 2.96. The molecule has 3 amide bonds. The molecule has 0 saturated carbocycles. The summed E-state index contributed by atoms with van der Waals surface area (Å²) in [5.74, 6) is -0.503. The summed E-state index contributed by atoms with van der Waals surface area (Å²) >= 11 is 0.788. The van der Waals surface area contributed by atoms with Crippen LogP contribution in [0.15, 0.2) is 53.4 Å². The maximum Gasteiger partial charge on any atom is 0.416 e. The van der Waals surface area contributed by atoms with Crippen molar-refractivity contribution < 1.29 is 27.6 Å². The smallest absolute Gasteiger partial charge is 0.339 e. The largest absolute Gasteiger partial charge is 0.416 e. The van der Waals surface area contributed by atoms with Crippen LogP contribution in [0.2, 0.25) is 0 Å². The van der Waals surface area contributed by atoms with Crippen LogP contribution in [0.1, 0.15) is 59.2 Å². The number of thioether (sulfide) groups is 1. The number of hydrogen-bond acceptors (Lipinski definition) is 5. The molecule has 206 valence electrons. The van der Waals surface area contributed by atoms with Crippen LogP contribution in [0.5, 0.6) is 0 Å². The maximum absolute atomic E-state index is 13.1. The molecule has 0 aliphatic carbocycles. The van der Waals surface area contributed by atoms with Gasteiger partial charge < -0.3 is 9.80 Å². The molecule has 10 heteroatoms. The van der Waals surface area contributed by atoms with Crippen LogP contribution in [0, 0.1) is 0 Å². The molecule has 0 aromatic heterocycles. The van der Waals surface area contributed by atoms with Crippen molar-refractivity contribution >= 4 is 34.9 Å². The highest BCUT2D eigenvalue weighted by Gasteiger charge is 2.35. The molecular formula is C29H30F3N3O3S. The fraction of sp³-hybridized carbons (Fsp3) is 0.414. The lowest BCUT2D eigenvalue weighted by atomic mass is 9.99. The number of carbonyl (C=O) groups excluding carboxylic acids is 3. The summed E-state index contributed by atoms with van der Waals surface area (Å²) in [5.41, 5.74) is 0.896. The topological polar surface area (TPSA) is 60.9 Å². The van der Waals surface area contributed by atoms with Crippen molar-refractivity contribution in [3.05, 3.63) is 75.7 Å². The van der Waals surface area contributed by atoms with Gasteiger partial charge in [-0.2, -0.15) is 13.2 Å². The Balaban J connectivity index is 1.18. The van der Waals surface area contributed by atoms with Crippen molar-refractivity contribution in [3.8, 4) is 0 Å². The lowest BCUT2D eigenvalue weighted by molar-refractivity contribution is -0.137. The summed E-state index contributed by atoms with van der Waals surface area (Å²) in [7, 11) is 0. The molecule has 0 bridgehead atoms. The van der Waals surface area contributed by atoms with E-state index in [2.05, 4.69) is 4.90 Å². The molecule has 3 aliphatic heterocycles. The molecule has 0 N–H and O–H groups in total. The van der Waals surface area contributed by atoms with Crippen molar-refractivity contribution in [1.82, 2.24) is 14.7 Å². The van der Waals surface area contributed by atoms with E-state index in [0.717, 1.165) is 67.8 Å². The van der Waals surface area contributed by atoms with Crippen LogP contribution in [-0.4, -0.2) is 64.0 Å². The maximum atomic E-state index is 13.1. The van der Waals surface area contributed by atoms with E-state index in [1.807, 2.05) is 4.90 Å². The molecular weight excluding hydrogens is 527 g/mol. The van der Waals surface area contributed by atoms with E-state index in [0.29, 0.717) is 22.7 Å². The van der Waals surface area contributed by atoms with Crippen molar-refractivity contribution in [2.24, 2.45) is 0 Å². The second-order valence-electron chi connectivity index (χ2n) is 10.2. The quantitative estimate of drug-likeness (QED) is 0.420. The monoisotopic (exact) mass is 557 g/mol. The van der Waals surface area contributed by atoms with Gasteiger partial charge in [-0.25, -0.2) is 0 Å². The summed E-state index contributed by atoms with van der Waals surface area (Å²) < 4.78 is 38.4. The average molecular weight is 558 g/mol. The molecule has 5 rings (SSSR count). The molecule has 39 heavy (non-hydrogen) atoms. The molecule has 2 aromatic rings. The first kappa shape index (κ1) is 27.5. The van der Waals surface area contributed by atoms with Crippen LogP contribution >= 0.6 is 11.8 Å². The number of carbonyl (C=O) groups is 3. The summed E-state index contributed by atoms with van der Waals surface area (Å²) in [6, 6.07) is 11.9. The van der Waals surface area contributed by atoms with Gasteiger partial charge in [0.25, 0.3) is 17.1 Å². The Morgan fingerprint density at radius 3 is 2.15 bits per heavy atom. The number of benzene rings is 2. The lowest BCUT2D eigenvalue weighted by Gasteiger charge is -2.40. The number of nitrogens with zero attached hydrogens (tertiary/aromatic N) is 3. The molecule has 3 saturated heterocycles. The Morgan fingerprint density at radius 1 is 0.897 bits per heavy atom. The fourth-order valence-corrected chi connectivity index (χ4v) is 6.23. The first-order valence-electron chi connectivity index (χ1n) is 13.2. The molecule has 0 spiro atoms. The number of piperidine rings is 2. The number of amides is 3. The van der Waals surface area contributed by atoms with E-state index in [9.17, 15) is 27.6 Å². The Labute approximate surface area is 229 Å². The third-order valence-corrected chi connectivity index (χ3v) is 8.52. The summed E-state index contributed by atoms with van der Waals surface area (Å²) in [4.78, 5) is 44.1. The van der Waals surface area contributed by atoms with Gasteiger partial charge in [0, 0.05) is 24.7 Å². The zero-order valence-corrected chi connectivity index (χ0v) is 22.3. The highest BCUT2D eigenvalue weighted by molar-refractivity contribution is 8.18. The fourth-order valence-electron chi connectivity index (χ4n) is 5.39. The van der Waals surface area contributed by atoms with E-state index in [-0.39, 0.29) is 17.4 Å². The van der Waals surface area contributed by atoms with Gasteiger partial charge in [0.2, 0.25) is 0 Å². The number of rotatable bonds is 5. The summed E-state index contributed by atoms with van der Waals surface area (Å²) in [6.45, 7) is 3.70.